The summed E-state index contributed by atoms with van der Waals surface area (Å²) < 4.78 is 26.4. The van der Waals surface area contributed by atoms with Gasteiger partial charge in [-0.05, 0) is 31.0 Å². The molecule has 0 spiro atoms. The molecule has 2 nitrogen and oxygen atoms in total. The predicted molar refractivity (Wildman–Crippen MR) is 71.3 cm³/mol. The van der Waals surface area contributed by atoms with Crippen LogP contribution in [0.3, 0.4) is 0 Å². The van der Waals surface area contributed by atoms with Gasteiger partial charge in [0.25, 0.3) is 0 Å². The van der Waals surface area contributed by atoms with E-state index in [0.717, 1.165) is 29.7 Å². The number of hydrogen-bond donors (Lipinski definition) is 1. The molecule has 3 rings (SSSR count). The predicted octanol–water partition coefficient (Wildman–Crippen LogP) is 3.44. The van der Waals surface area contributed by atoms with E-state index in [2.05, 4.69) is 10.3 Å². The van der Waals surface area contributed by atoms with E-state index in [1.807, 2.05) is 5.38 Å². The minimum atomic E-state index is -0.545. The zero-order valence-electron chi connectivity index (χ0n) is 10.3. The van der Waals surface area contributed by atoms with Crippen LogP contribution >= 0.6 is 11.3 Å². The van der Waals surface area contributed by atoms with Gasteiger partial charge < -0.3 is 5.32 Å². The van der Waals surface area contributed by atoms with Crippen LogP contribution < -0.4 is 5.32 Å². The minimum absolute atomic E-state index is 0.336. The third-order valence-corrected chi connectivity index (χ3v) is 4.21. The molecule has 2 heterocycles. The molecule has 1 aliphatic rings. The lowest BCUT2D eigenvalue weighted by Crippen LogP contribution is -2.13. The summed E-state index contributed by atoms with van der Waals surface area (Å²) >= 11 is 1.53. The number of thiazole rings is 1. The quantitative estimate of drug-likeness (QED) is 0.931. The van der Waals surface area contributed by atoms with Crippen molar-refractivity contribution >= 4 is 11.3 Å². The average Bonchev–Trinajstić information content (AvgIpc) is 3.03. The fraction of sp³-hybridized carbons (Fsp3) is 0.357. The van der Waals surface area contributed by atoms with Crippen molar-refractivity contribution in [3.05, 3.63) is 51.5 Å². The maximum Gasteiger partial charge on any atom is 0.129 e. The SMILES string of the molecule is Fc1ccc(Cc2nc(C3CCCN3)cs2)c(F)c1. The van der Waals surface area contributed by atoms with Crippen LogP contribution in [0.4, 0.5) is 8.78 Å². The van der Waals surface area contributed by atoms with Gasteiger partial charge in [0.05, 0.1) is 16.7 Å². The van der Waals surface area contributed by atoms with Crippen molar-refractivity contribution in [3.63, 3.8) is 0 Å². The molecule has 1 atom stereocenters. The Balaban J connectivity index is 1.76. The minimum Gasteiger partial charge on any atom is -0.309 e. The molecule has 0 bridgehead atoms. The van der Waals surface area contributed by atoms with Gasteiger partial charge in [-0.1, -0.05) is 6.07 Å². The van der Waals surface area contributed by atoms with Crippen molar-refractivity contribution in [2.45, 2.75) is 25.3 Å². The molecule has 1 unspecified atom stereocenters. The molecule has 5 heteroatoms. The van der Waals surface area contributed by atoms with Crippen LogP contribution in [-0.2, 0) is 6.42 Å². The lowest BCUT2D eigenvalue weighted by Gasteiger charge is -2.05. The smallest absolute Gasteiger partial charge is 0.129 e. The Morgan fingerprint density at radius 1 is 1.37 bits per heavy atom. The second-order valence-corrected chi connectivity index (χ2v) is 5.67. The van der Waals surface area contributed by atoms with Crippen LogP contribution in [0.1, 0.15) is 35.1 Å². The highest BCUT2D eigenvalue weighted by Gasteiger charge is 2.19. The van der Waals surface area contributed by atoms with Gasteiger partial charge in [0.2, 0.25) is 0 Å². The van der Waals surface area contributed by atoms with Crippen molar-refractivity contribution in [2.24, 2.45) is 0 Å². The molecule has 0 radical (unpaired) electrons. The molecule has 1 aromatic heterocycles. The van der Waals surface area contributed by atoms with Crippen molar-refractivity contribution in [1.82, 2.24) is 10.3 Å². The second kappa shape index (κ2) is 5.35. The highest BCUT2D eigenvalue weighted by molar-refractivity contribution is 7.09. The molecule has 1 aliphatic heterocycles. The van der Waals surface area contributed by atoms with Crippen LogP contribution in [0.5, 0.6) is 0 Å². The zero-order valence-corrected chi connectivity index (χ0v) is 11.1. The lowest BCUT2D eigenvalue weighted by atomic mass is 10.1. The summed E-state index contributed by atoms with van der Waals surface area (Å²) in [5.74, 6) is -1.05. The second-order valence-electron chi connectivity index (χ2n) is 4.73. The number of hydrogen-bond acceptors (Lipinski definition) is 3. The Morgan fingerprint density at radius 2 is 2.26 bits per heavy atom. The van der Waals surface area contributed by atoms with Gasteiger partial charge in [-0.2, -0.15) is 0 Å². The summed E-state index contributed by atoms with van der Waals surface area (Å²) in [5.41, 5.74) is 1.53. The maximum atomic E-state index is 13.6. The first-order chi connectivity index (χ1) is 9.22. The van der Waals surface area contributed by atoms with E-state index in [4.69, 9.17) is 0 Å². The summed E-state index contributed by atoms with van der Waals surface area (Å²) in [6.45, 7) is 1.03. The van der Waals surface area contributed by atoms with Gasteiger partial charge in [0.1, 0.15) is 11.6 Å². The van der Waals surface area contributed by atoms with Gasteiger partial charge >= 0.3 is 0 Å². The molecule has 1 aromatic carbocycles. The van der Waals surface area contributed by atoms with Crippen LogP contribution in [-0.4, -0.2) is 11.5 Å². The Bertz CT molecular complexity index is 577. The zero-order chi connectivity index (χ0) is 13.2. The Labute approximate surface area is 114 Å². The summed E-state index contributed by atoms with van der Waals surface area (Å²) in [7, 11) is 0. The van der Waals surface area contributed by atoms with Crippen molar-refractivity contribution < 1.29 is 8.78 Å². The van der Waals surface area contributed by atoms with E-state index in [0.29, 0.717) is 18.0 Å². The molecule has 19 heavy (non-hydrogen) atoms. The molecule has 100 valence electrons. The largest absolute Gasteiger partial charge is 0.309 e. The molecular formula is C14H14F2N2S. The third kappa shape index (κ3) is 2.82. The third-order valence-electron chi connectivity index (χ3n) is 3.34. The van der Waals surface area contributed by atoms with Crippen molar-refractivity contribution in [1.29, 1.82) is 0 Å². The fourth-order valence-electron chi connectivity index (χ4n) is 2.33. The number of nitrogens with zero attached hydrogens (tertiary/aromatic N) is 1. The highest BCUT2D eigenvalue weighted by atomic mass is 32.1. The Morgan fingerprint density at radius 3 is 3.00 bits per heavy atom. The fourth-order valence-corrected chi connectivity index (χ4v) is 3.20. The highest BCUT2D eigenvalue weighted by Crippen LogP contribution is 2.25. The van der Waals surface area contributed by atoms with Gasteiger partial charge in [-0.25, -0.2) is 13.8 Å². The first-order valence-corrected chi connectivity index (χ1v) is 7.22. The first-order valence-electron chi connectivity index (χ1n) is 6.34. The number of benzene rings is 1. The van der Waals surface area contributed by atoms with E-state index in [1.165, 1.54) is 29.9 Å². The Hall–Kier alpha value is -1.33. The number of rotatable bonds is 3. The summed E-state index contributed by atoms with van der Waals surface area (Å²) in [5, 5.41) is 6.29. The number of halogens is 2. The summed E-state index contributed by atoms with van der Waals surface area (Å²) in [6.07, 6.45) is 2.70. The molecule has 0 aliphatic carbocycles. The van der Waals surface area contributed by atoms with Crippen LogP contribution in [0.15, 0.2) is 23.6 Å². The monoisotopic (exact) mass is 280 g/mol. The van der Waals surface area contributed by atoms with Gasteiger partial charge in [0, 0.05) is 17.9 Å². The van der Waals surface area contributed by atoms with Gasteiger partial charge in [0.15, 0.2) is 0 Å². The molecule has 1 saturated heterocycles. The Kier molecular flexibility index (Phi) is 3.57. The average molecular weight is 280 g/mol. The van der Waals surface area contributed by atoms with Crippen LogP contribution in [0, 0.1) is 11.6 Å². The maximum absolute atomic E-state index is 13.6. The van der Waals surface area contributed by atoms with E-state index in [-0.39, 0.29) is 0 Å². The van der Waals surface area contributed by atoms with E-state index in [9.17, 15) is 8.78 Å². The molecular weight excluding hydrogens is 266 g/mol. The van der Waals surface area contributed by atoms with Crippen molar-refractivity contribution in [3.8, 4) is 0 Å². The van der Waals surface area contributed by atoms with E-state index >= 15 is 0 Å². The van der Waals surface area contributed by atoms with Crippen LogP contribution in [0.25, 0.3) is 0 Å². The van der Waals surface area contributed by atoms with E-state index < -0.39 is 11.6 Å². The van der Waals surface area contributed by atoms with Gasteiger partial charge in [-0.3, -0.25) is 0 Å². The first kappa shape index (κ1) is 12.7. The molecule has 0 saturated carbocycles. The molecule has 1 N–H and O–H groups in total. The van der Waals surface area contributed by atoms with Gasteiger partial charge in [-0.15, -0.1) is 11.3 Å². The van der Waals surface area contributed by atoms with Crippen molar-refractivity contribution in [2.75, 3.05) is 6.54 Å². The normalized spacial score (nSPS) is 18.9. The lowest BCUT2D eigenvalue weighted by molar-refractivity contribution is 0.574. The topological polar surface area (TPSA) is 24.9 Å². The van der Waals surface area contributed by atoms with Crippen LogP contribution in [0.2, 0.25) is 0 Å². The number of aromatic nitrogens is 1. The standard InChI is InChI=1S/C14H14F2N2S/c15-10-4-3-9(11(16)7-10)6-14-18-13(8-19-14)12-2-1-5-17-12/h3-4,7-8,12,17H,1-2,5-6H2. The summed E-state index contributed by atoms with van der Waals surface area (Å²) in [4.78, 5) is 4.55. The molecule has 1 fully saturated rings. The summed E-state index contributed by atoms with van der Waals surface area (Å²) in [6, 6.07) is 4.02. The van der Waals surface area contributed by atoms with E-state index in [1.54, 1.807) is 0 Å². The number of nitrogens with one attached hydrogen (secondary N) is 1. The molecule has 0 amide bonds. The molecule has 2 aromatic rings.